The Bertz CT molecular complexity index is 1550. The van der Waals surface area contributed by atoms with Crippen molar-refractivity contribution in [1.29, 1.82) is 0 Å². The van der Waals surface area contributed by atoms with E-state index in [9.17, 15) is 16.8 Å². The Morgan fingerprint density at radius 2 is 0.854 bits per heavy atom. The summed E-state index contributed by atoms with van der Waals surface area (Å²) in [4.78, 5) is 0. The highest BCUT2D eigenvalue weighted by Crippen LogP contribution is 2.33. The molecule has 0 unspecified atom stereocenters. The summed E-state index contributed by atoms with van der Waals surface area (Å²) in [5.41, 5.74) is 6.08. The van der Waals surface area contributed by atoms with Gasteiger partial charge in [0.15, 0.2) is 0 Å². The van der Waals surface area contributed by atoms with Gasteiger partial charge < -0.3 is 9.47 Å². The van der Waals surface area contributed by atoms with E-state index in [1.54, 1.807) is 7.11 Å². The minimum Gasteiger partial charge on any atom is -0.497 e. The van der Waals surface area contributed by atoms with E-state index in [2.05, 4.69) is 81.4 Å². The molecule has 0 aromatic heterocycles. The van der Waals surface area contributed by atoms with E-state index in [0.29, 0.717) is 12.5 Å². The fourth-order valence-electron chi connectivity index (χ4n) is 3.71. The molecule has 0 bridgehead atoms. The molecule has 0 radical (unpaired) electrons. The predicted molar refractivity (Wildman–Crippen MR) is 163 cm³/mol. The molecule has 4 rings (SSSR count). The van der Waals surface area contributed by atoms with E-state index in [4.69, 9.17) is 18.6 Å². The van der Waals surface area contributed by atoms with Crippen LogP contribution in [0.4, 0.5) is 0 Å². The van der Waals surface area contributed by atoms with Gasteiger partial charge in [-0.15, -0.1) is 0 Å². The molecule has 0 saturated heterocycles. The average molecular weight is 601 g/mol. The molecule has 0 heterocycles. The van der Waals surface area contributed by atoms with Gasteiger partial charge in [0.25, 0.3) is 20.2 Å². The van der Waals surface area contributed by atoms with E-state index in [-0.39, 0.29) is 5.41 Å². The first kappa shape index (κ1) is 33.5. The summed E-state index contributed by atoms with van der Waals surface area (Å²) in [6, 6.07) is 33.4. The van der Waals surface area contributed by atoms with Gasteiger partial charge >= 0.3 is 0 Å². The summed E-state index contributed by atoms with van der Waals surface area (Å²) >= 11 is 0. The van der Waals surface area contributed by atoms with Gasteiger partial charge in [0, 0.05) is 5.41 Å². The van der Waals surface area contributed by atoms with E-state index < -0.39 is 20.2 Å². The summed E-state index contributed by atoms with van der Waals surface area (Å²) in [5.74, 6) is 2.51. The van der Waals surface area contributed by atoms with Crippen molar-refractivity contribution in [2.45, 2.75) is 26.2 Å². The zero-order valence-corrected chi connectivity index (χ0v) is 25.5. The molecule has 0 amide bonds. The molecule has 0 aliphatic heterocycles. The van der Waals surface area contributed by atoms with Crippen molar-refractivity contribution in [1.82, 2.24) is 0 Å². The quantitative estimate of drug-likeness (QED) is 0.232. The van der Waals surface area contributed by atoms with Crippen LogP contribution in [0.5, 0.6) is 17.2 Å². The van der Waals surface area contributed by atoms with Gasteiger partial charge in [-0.3, -0.25) is 9.11 Å². The monoisotopic (exact) mass is 600 g/mol. The Balaban J connectivity index is 0.000000507. The highest BCUT2D eigenvalue weighted by molar-refractivity contribution is 7.85. The summed E-state index contributed by atoms with van der Waals surface area (Å²) in [5, 5.41) is 0. The van der Waals surface area contributed by atoms with Crippen molar-refractivity contribution < 1.29 is 35.4 Å². The Morgan fingerprint density at radius 1 is 0.561 bits per heavy atom. The minimum atomic E-state index is -3.67. The zero-order valence-electron chi connectivity index (χ0n) is 23.9. The van der Waals surface area contributed by atoms with Gasteiger partial charge in [-0.25, -0.2) is 0 Å². The molecule has 41 heavy (non-hydrogen) atoms. The van der Waals surface area contributed by atoms with E-state index in [1.165, 1.54) is 16.7 Å². The lowest BCUT2D eigenvalue weighted by molar-refractivity contribution is 0.415. The second kappa shape index (κ2) is 14.3. The number of aryl methyl sites for hydroxylation is 1. The second-order valence-corrected chi connectivity index (χ2v) is 12.8. The number of rotatable bonds is 6. The summed E-state index contributed by atoms with van der Waals surface area (Å²) in [6.07, 6.45) is 1.43. The van der Waals surface area contributed by atoms with Crippen LogP contribution in [0.1, 0.15) is 30.5 Å². The SMILES string of the molecule is COc1ccc(-c2ccc(Oc3ccc(C(C)(C)c4ccc(C)cc4)cc3)cc2)cc1.CS(=O)(=O)O.CS(=O)(=O)O. The topological polar surface area (TPSA) is 127 Å². The lowest BCUT2D eigenvalue weighted by Gasteiger charge is -2.26. The third-order valence-electron chi connectivity index (χ3n) is 5.86. The molecule has 0 aliphatic carbocycles. The number of benzene rings is 4. The fourth-order valence-corrected chi connectivity index (χ4v) is 3.71. The van der Waals surface area contributed by atoms with Crippen LogP contribution in [0.3, 0.4) is 0 Å². The normalized spacial score (nSPS) is 11.3. The number of hydrogen-bond donors (Lipinski definition) is 2. The third-order valence-corrected chi connectivity index (χ3v) is 5.86. The molecule has 0 aliphatic rings. The lowest BCUT2D eigenvalue weighted by Crippen LogP contribution is -2.18. The second-order valence-electron chi connectivity index (χ2n) is 9.84. The van der Waals surface area contributed by atoms with Crippen LogP contribution in [-0.2, 0) is 25.7 Å². The number of methoxy groups -OCH3 is 1. The molecule has 220 valence electrons. The van der Waals surface area contributed by atoms with Gasteiger partial charge in [0.05, 0.1) is 19.6 Å². The average Bonchev–Trinajstić information content (AvgIpc) is 2.88. The molecule has 0 fully saturated rings. The van der Waals surface area contributed by atoms with Crippen LogP contribution < -0.4 is 9.47 Å². The summed E-state index contributed by atoms with van der Waals surface area (Å²) in [6.45, 7) is 6.63. The maximum atomic E-state index is 9.19. The van der Waals surface area contributed by atoms with Crippen molar-refractivity contribution in [2.75, 3.05) is 19.6 Å². The molecule has 4 aromatic rings. The standard InChI is InChI=1S/C29H28O2.2CH4O3S/c1-21-5-11-24(12-6-21)29(2,3)25-13-19-28(20-14-25)31-27-17-9-23(10-18-27)22-7-15-26(30-4)16-8-22;2*1-5(2,3)4/h5-20H,1-4H3;2*1H3,(H,2,3,4). The Hall–Kier alpha value is -3.70. The van der Waals surface area contributed by atoms with Gasteiger partial charge in [-0.2, -0.15) is 16.8 Å². The van der Waals surface area contributed by atoms with Crippen LogP contribution in [0.25, 0.3) is 11.1 Å². The van der Waals surface area contributed by atoms with Gasteiger partial charge in [-0.1, -0.05) is 80.1 Å². The first-order valence-corrected chi connectivity index (χ1v) is 16.1. The molecular weight excluding hydrogens is 564 g/mol. The largest absolute Gasteiger partial charge is 0.497 e. The molecule has 0 spiro atoms. The zero-order chi connectivity index (χ0) is 30.8. The van der Waals surface area contributed by atoms with Gasteiger partial charge in [-0.05, 0) is 65.6 Å². The molecule has 0 atom stereocenters. The molecule has 8 nitrogen and oxygen atoms in total. The maximum absolute atomic E-state index is 9.19. The Labute approximate surface area is 243 Å². The highest BCUT2D eigenvalue weighted by atomic mass is 32.2. The Kier molecular flexibility index (Phi) is 11.7. The van der Waals surface area contributed by atoms with Gasteiger partial charge in [0.2, 0.25) is 0 Å². The van der Waals surface area contributed by atoms with Gasteiger partial charge in [0.1, 0.15) is 17.2 Å². The van der Waals surface area contributed by atoms with Crippen LogP contribution in [0.2, 0.25) is 0 Å². The predicted octanol–water partition coefficient (Wildman–Crippen LogP) is 6.80. The van der Waals surface area contributed by atoms with E-state index in [0.717, 1.165) is 28.4 Å². The first-order chi connectivity index (χ1) is 19.0. The smallest absolute Gasteiger partial charge is 0.261 e. The Morgan fingerprint density at radius 3 is 1.20 bits per heavy atom. The van der Waals surface area contributed by atoms with Crippen molar-refractivity contribution in [3.63, 3.8) is 0 Å². The van der Waals surface area contributed by atoms with Crippen molar-refractivity contribution in [3.8, 4) is 28.4 Å². The van der Waals surface area contributed by atoms with Crippen molar-refractivity contribution >= 4 is 20.2 Å². The maximum Gasteiger partial charge on any atom is 0.261 e. The number of hydrogen-bond acceptors (Lipinski definition) is 6. The van der Waals surface area contributed by atoms with Crippen molar-refractivity contribution in [3.05, 3.63) is 114 Å². The van der Waals surface area contributed by atoms with Crippen LogP contribution in [0.15, 0.2) is 97.1 Å². The summed E-state index contributed by atoms with van der Waals surface area (Å²) < 4.78 is 63.0. The summed E-state index contributed by atoms with van der Waals surface area (Å²) in [7, 11) is -5.66. The van der Waals surface area contributed by atoms with E-state index >= 15 is 0 Å². The molecular formula is C31H36O8S2. The molecule has 0 saturated carbocycles. The lowest BCUT2D eigenvalue weighted by atomic mass is 9.78. The third kappa shape index (κ3) is 12.6. The fraction of sp³-hybridized carbons (Fsp3) is 0.226. The molecule has 10 heteroatoms. The highest BCUT2D eigenvalue weighted by Gasteiger charge is 2.22. The minimum absolute atomic E-state index is 0.0633. The van der Waals surface area contributed by atoms with Crippen molar-refractivity contribution in [2.24, 2.45) is 0 Å². The number of ether oxygens (including phenoxy) is 2. The van der Waals surface area contributed by atoms with E-state index in [1.807, 2.05) is 36.4 Å². The van der Waals surface area contributed by atoms with Crippen LogP contribution in [0, 0.1) is 6.92 Å². The van der Waals surface area contributed by atoms with Crippen LogP contribution >= 0.6 is 0 Å². The molecule has 2 N–H and O–H groups in total. The molecule has 4 aromatic carbocycles. The first-order valence-electron chi connectivity index (χ1n) is 12.4. The van der Waals surface area contributed by atoms with Crippen LogP contribution in [-0.4, -0.2) is 45.6 Å².